The van der Waals surface area contributed by atoms with E-state index >= 15 is 0 Å². The highest BCUT2D eigenvalue weighted by Crippen LogP contribution is 2.46. The molecule has 0 radical (unpaired) electrons. The van der Waals surface area contributed by atoms with Crippen molar-refractivity contribution in [2.45, 2.75) is 56.5 Å². The number of carbonyl (C=O) groups excluding carboxylic acids is 1. The summed E-state index contributed by atoms with van der Waals surface area (Å²) in [6.07, 6.45) is 8.56. The third-order valence-corrected chi connectivity index (χ3v) is 10.5. The lowest BCUT2D eigenvalue weighted by Gasteiger charge is -2.45. The number of aryl methyl sites for hydroxylation is 1. The van der Waals surface area contributed by atoms with Gasteiger partial charge in [-0.25, -0.2) is 13.1 Å². The molecule has 1 saturated carbocycles. The van der Waals surface area contributed by atoms with Crippen LogP contribution in [0, 0.1) is 11.8 Å². The fraction of sp³-hybridized carbons (Fsp3) is 0.469. The first-order valence-corrected chi connectivity index (χ1v) is 16.4. The second-order valence-corrected chi connectivity index (χ2v) is 14.0. The Kier molecular flexibility index (Phi) is 8.83. The van der Waals surface area contributed by atoms with Crippen LogP contribution >= 0.6 is 11.6 Å². The molecule has 1 fully saturated rings. The minimum atomic E-state index is -3.79. The van der Waals surface area contributed by atoms with Gasteiger partial charge in [-0.1, -0.05) is 29.8 Å². The maximum atomic E-state index is 13.1. The molecule has 0 saturated heterocycles. The lowest BCUT2D eigenvalue weighted by molar-refractivity contribution is 0.0178. The predicted molar refractivity (Wildman–Crippen MR) is 163 cm³/mol. The molecule has 2 N–H and O–H groups in total. The molecule has 2 aromatic carbocycles. The first-order valence-electron chi connectivity index (χ1n) is 14.4. The molecular weight excluding hydrogens is 560 g/mol. The SMILES string of the molecule is C=CCCS(=O)(=O)NC(=O)c1ccc2c(c1)N(C[C@@H]1CC[C@H]1[C@H](O)CC=C)CC1(CCCc3cc(Cl)ccc31)CO2. The van der Waals surface area contributed by atoms with Crippen molar-refractivity contribution in [3.05, 3.63) is 83.4 Å². The summed E-state index contributed by atoms with van der Waals surface area (Å²) < 4.78 is 33.5. The Labute approximate surface area is 248 Å². The van der Waals surface area contributed by atoms with Crippen LogP contribution < -0.4 is 14.4 Å². The van der Waals surface area contributed by atoms with Crippen molar-refractivity contribution < 1.29 is 23.1 Å². The topological polar surface area (TPSA) is 95.9 Å². The summed E-state index contributed by atoms with van der Waals surface area (Å²) in [5, 5.41) is 11.5. The van der Waals surface area contributed by atoms with Gasteiger partial charge in [-0.05, 0) is 98.2 Å². The minimum absolute atomic E-state index is 0.176. The molecule has 2 aromatic rings. The van der Waals surface area contributed by atoms with E-state index in [1.165, 1.54) is 17.2 Å². The van der Waals surface area contributed by atoms with Crippen LogP contribution in [-0.4, -0.2) is 51.0 Å². The number of hydrogen-bond acceptors (Lipinski definition) is 6. The van der Waals surface area contributed by atoms with E-state index in [4.69, 9.17) is 16.3 Å². The summed E-state index contributed by atoms with van der Waals surface area (Å²) in [5.74, 6) is 0.242. The third kappa shape index (κ3) is 6.35. The highest BCUT2D eigenvalue weighted by molar-refractivity contribution is 7.90. The number of anilines is 1. The minimum Gasteiger partial charge on any atom is -0.490 e. The molecule has 1 amide bonds. The number of sulfonamides is 1. The molecule has 1 heterocycles. The maximum Gasteiger partial charge on any atom is 0.264 e. The number of amides is 1. The molecule has 5 rings (SSSR count). The van der Waals surface area contributed by atoms with E-state index in [1.807, 2.05) is 6.07 Å². The van der Waals surface area contributed by atoms with E-state index < -0.39 is 22.0 Å². The highest BCUT2D eigenvalue weighted by atomic mass is 35.5. The summed E-state index contributed by atoms with van der Waals surface area (Å²) in [6, 6.07) is 11.3. The van der Waals surface area contributed by atoms with Crippen LogP contribution in [0.25, 0.3) is 0 Å². The normalized spacial score (nSPS) is 24.2. The van der Waals surface area contributed by atoms with Crippen LogP contribution in [0.2, 0.25) is 5.02 Å². The summed E-state index contributed by atoms with van der Waals surface area (Å²) in [6.45, 7) is 9.22. The van der Waals surface area contributed by atoms with Crippen molar-refractivity contribution in [2.75, 3.05) is 30.3 Å². The van der Waals surface area contributed by atoms with Crippen LogP contribution in [0.15, 0.2) is 61.7 Å². The number of rotatable bonds is 10. The Hall–Kier alpha value is -2.81. The number of benzene rings is 2. The van der Waals surface area contributed by atoms with Crippen molar-refractivity contribution in [3.63, 3.8) is 0 Å². The third-order valence-electron chi connectivity index (χ3n) is 8.97. The van der Waals surface area contributed by atoms with Crippen molar-refractivity contribution >= 4 is 33.2 Å². The largest absolute Gasteiger partial charge is 0.490 e. The average Bonchev–Trinajstić information content (AvgIpc) is 3.06. The van der Waals surface area contributed by atoms with Gasteiger partial charge in [-0.2, -0.15) is 0 Å². The molecule has 9 heteroatoms. The van der Waals surface area contributed by atoms with Gasteiger partial charge >= 0.3 is 0 Å². The van der Waals surface area contributed by atoms with Gasteiger partial charge < -0.3 is 14.7 Å². The second-order valence-electron chi connectivity index (χ2n) is 11.7. The second kappa shape index (κ2) is 12.2. The molecule has 220 valence electrons. The first kappa shape index (κ1) is 29.7. The molecule has 1 unspecified atom stereocenters. The summed E-state index contributed by atoms with van der Waals surface area (Å²) in [5.41, 5.74) is 3.23. The molecule has 7 nitrogen and oxygen atoms in total. The van der Waals surface area contributed by atoms with Gasteiger partial charge in [0.15, 0.2) is 0 Å². The number of ether oxygens (including phenoxy) is 1. The van der Waals surface area contributed by atoms with Crippen LogP contribution in [0.1, 0.15) is 60.0 Å². The number of allylic oxidation sites excluding steroid dienone is 1. The van der Waals surface area contributed by atoms with E-state index in [-0.39, 0.29) is 35.0 Å². The zero-order chi connectivity index (χ0) is 29.2. The quantitative estimate of drug-likeness (QED) is 0.355. The standard InChI is InChI=1S/C32H39ClN2O5S/c1-3-5-16-41(38,39)34-31(37)23-10-14-30-28(18-23)35(19-24-9-12-26(24)29(36)7-4-2)20-32(21-40-30)15-6-8-22-17-25(33)11-13-27(22)32/h3-4,10-11,13-14,17-18,24,26,29,36H,1-2,5-9,12,15-16,19-21H2,(H,34,37)/t24-,26+,29+,32?/m0/s1. The van der Waals surface area contributed by atoms with Gasteiger partial charge in [0, 0.05) is 29.1 Å². The van der Waals surface area contributed by atoms with Gasteiger partial charge in [0.25, 0.3) is 5.91 Å². The van der Waals surface area contributed by atoms with Gasteiger partial charge in [-0.3, -0.25) is 4.79 Å². The Bertz CT molecular complexity index is 1430. The van der Waals surface area contributed by atoms with Gasteiger partial charge in [0.2, 0.25) is 10.0 Å². The number of hydrogen-bond donors (Lipinski definition) is 2. The number of carbonyl (C=O) groups is 1. The van der Waals surface area contributed by atoms with E-state index in [1.54, 1.807) is 24.3 Å². The van der Waals surface area contributed by atoms with Crippen molar-refractivity contribution in [1.29, 1.82) is 0 Å². The van der Waals surface area contributed by atoms with Gasteiger partial charge in [-0.15, -0.1) is 13.2 Å². The maximum absolute atomic E-state index is 13.1. The van der Waals surface area contributed by atoms with Crippen molar-refractivity contribution in [1.82, 2.24) is 4.72 Å². The molecule has 1 spiro atoms. The fourth-order valence-electron chi connectivity index (χ4n) is 6.70. The lowest BCUT2D eigenvalue weighted by Crippen LogP contribution is -2.49. The molecule has 4 atom stereocenters. The summed E-state index contributed by atoms with van der Waals surface area (Å²) in [4.78, 5) is 15.4. The monoisotopic (exact) mass is 598 g/mol. The number of fused-ring (bicyclic) bond motifs is 3. The molecular formula is C32H39ClN2O5S. The average molecular weight is 599 g/mol. The van der Waals surface area contributed by atoms with E-state index in [2.05, 4.69) is 34.9 Å². The van der Waals surface area contributed by atoms with Crippen LogP contribution in [0.3, 0.4) is 0 Å². The van der Waals surface area contributed by atoms with Gasteiger partial charge in [0.1, 0.15) is 5.75 Å². The molecule has 1 aliphatic heterocycles. The fourth-order valence-corrected chi connectivity index (χ4v) is 7.88. The molecule has 0 bridgehead atoms. The summed E-state index contributed by atoms with van der Waals surface area (Å²) in [7, 11) is -3.79. The first-order chi connectivity index (χ1) is 19.6. The number of nitrogens with one attached hydrogen (secondary N) is 1. The molecule has 41 heavy (non-hydrogen) atoms. The van der Waals surface area contributed by atoms with Crippen LogP contribution in [0.4, 0.5) is 5.69 Å². The molecule has 0 aromatic heterocycles. The van der Waals surface area contributed by atoms with Gasteiger partial charge in [0.05, 0.1) is 24.2 Å². The number of aliphatic hydroxyl groups is 1. The Morgan fingerprint density at radius 3 is 2.78 bits per heavy atom. The van der Waals surface area contributed by atoms with Crippen molar-refractivity contribution in [3.8, 4) is 5.75 Å². The van der Waals surface area contributed by atoms with Crippen molar-refractivity contribution in [2.24, 2.45) is 11.8 Å². The van der Waals surface area contributed by atoms with Crippen LogP contribution in [0.5, 0.6) is 5.75 Å². The predicted octanol–water partition coefficient (Wildman–Crippen LogP) is 5.41. The zero-order valence-corrected chi connectivity index (χ0v) is 24.9. The van der Waals surface area contributed by atoms with E-state index in [9.17, 15) is 18.3 Å². The summed E-state index contributed by atoms with van der Waals surface area (Å²) >= 11 is 6.37. The van der Waals surface area contributed by atoms with E-state index in [0.29, 0.717) is 31.9 Å². The molecule has 2 aliphatic carbocycles. The molecule has 3 aliphatic rings. The van der Waals surface area contributed by atoms with Crippen LogP contribution in [-0.2, 0) is 21.9 Å². The lowest BCUT2D eigenvalue weighted by atomic mass is 9.68. The number of aliphatic hydroxyl groups excluding tert-OH is 1. The smallest absolute Gasteiger partial charge is 0.264 e. The van der Waals surface area contributed by atoms with E-state index in [0.717, 1.165) is 42.8 Å². The Morgan fingerprint density at radius 2 is 2.05 bits per heavy atom. The zero-order valence-electron chi connectivity index (χ0n) is 23.4. The Morgan fingerprint density at radius 1 is 1.22 bits per heavy atom. The number of halogens is 1. The highest BCUT2D eigenvalue weighted by Gasteiger charge is 2.44. The Balaban J connectivity index is 1.49. The number of nitrogens with zero attached hydrogens (tertiary/aromatic N) is 1.